The summed E-state index contributed by atoms with van der Waals surface area (Å²) in [6.07, 6.45) is 2.37. The van der Waals surface area contributed by atoms with Crippen molar-refractivity contribution in [2.24, 2.45) is 5.92 Å². The summed E-state index contributed by atoms with van der Waals surface area (Å²) in [7, 11) is 0. The van der Waals surface area contributed by atoms with Gasteiger partial charge in [-0.3, -0.25) is 4.79 Å². The van der Waals surface area contributed by atoms with Crippen molar-refractivity contribution in [1.29, 1.82) is 0 Å². The topological polar surface area (TPSA) is 38.3 Å². The van der Waals surface area contributed by atoms with E-state index in [0.29, 0.717) is 5.92 Å². The number of Topliss-reactive ketones (excluding diaryl/α,β-unsaturated/α-hetero) is 1. The zero-order valence-electron chi connectivity index (χ0n) is 10.6. The van der Waals surface area contributed by atoms with Crippen LogP contribution in [0.5, 0.6) is 5.75 Å². The average Bonchev–Trinajstić information content (AvgIpc) is 2.38. The Kier molecular flexibility index (Phi) is 6.16. The van der Waals surface area contributed by atoms with Gasteiger partial charge < -0.3 is 10.1 Å². The number of nitrogens with one attached hydrogen (secondary N) is 1. The van der Waals surface area contributed by atoms with Crippen LogP contribution >= 0.6 is 12.4 Å². The van der Waals surface area contributed by atoms with Gasteiger partial charge in [-0.05, 0) is 63.0 Å². The highest BCUT2D eigenvalue weighted by Gasteiger charge is 2.13. The molecule has 0 aromatic heterocycles. The Morgan fingerprint density at radius 1 is 1.28 bits per heavy atom. The van der Waals surface area contributed by atoms with E-state index in [1.807, 2.05) is 24.3 Å². The standard InChI is InChI=1S/C14H19NO2.ClH/c1-11(16)13-2-4-14(5-3-13)17-10-12-6-8-15-9-7-12;/h2-5,12,15H,6-10H2,1H3;1H. The summed E-state index contributed by atoms with van der Waals surface area (Å²) in [5.41, 5.74) is 0.735. The van der Waals surface area contributed by atoms with Gasteiger partial charge in [-0.25, -0.2) is 0 Å². The molecule has 1 aliphatic heterocycles. The van der Waals surface area contributed by atoms with Crippen molar-refractivity contribution in [2.45, 2.75) is 19.8 Å². The highest BCUT2D eigenvalue weighted by atomic mass is 35.5. The molecule has 1 aromatic carbocycles. The van der Waals surface area contributed by atoms with Crippen LogP contribution in [-0.4, -0.2) is 25.5 Å². The molecule has 3 nitrogen and oxygen atoms in total. The second-order valence-corrected chi connectivity index (χ2v) is 4.58. The molecule has 18 heavy (non-hydrogen) atoms. The van der Waals surface area contributed by atoms with E-state index in [1.54, 1.807) is 6.92 Å². The van der Waals surface area contributed by atoms with E-state index in [0.717, 1.165) is 31.0 Å². The van der Waals surface area contributed by atoms with Gasteiger partial charge in [0.2, 0.25) is 0 Å². The van der Waals surface area contributed by atoms with Crippen LogP contribution in [0, 0.1) is 5.92 Å². The van der Waals surface area contributed by atoms with E-state index in [-0.39, 0.29) is 18.2 Å². The van der Waals surface area contributed by atoms with E-state index >= 15 is 0 Å². The lowest BCUT2D eigenvalue weighted by Gasteiger charge is -2.22. The van der Waals surface area contributed by atoms with Gasteiger partial charge in [0.1, 0.15) is 5.75 Å². The molecule has 0 saturated carbocycles. The van der Waals surface area contributed by atoms with Crippen LogP contribution in [0.2, 0.25) is 0 Å². The lowest BCUT2D eigenvalue weighted by atomic mass is 9.99. The maximum atomic E-state index is 11.1. The molecule has 1 N–H and O–H groups in total. The number of piperidine rings is 1. The van der Waals surface area contributed by atoms with Crippen molar-refractivity contribution in [1.82, 2.24) is 5.32 Å². The van der Waals surface area contributed by atoms with Gasteiger partial charge in [0.15, 0.2) is 5.78 Å². The predicted octanol–water partition coefficient (Wildman–Crippen LogP) is 2.69. The van der Waals surface area contributed by atoms with Crippen LogP contribution < -0.4 is 10.1 Å². The van der Waals surface area contributed by atoms with Crippen LogP contribution in [0.15, 0.2) is 24.3 Å². The fourth-order valence-corrected chi connectivity index (χ4v) is 2.05. The zero-order chi connectivity index (χ0) is 12.1. The third-order valence-electron chi connectivity index (χ3n) is 3.21. The SMILES string of the molecule is CC(=O)c1ccc(OCC2CCNCC2)cc1.Cl. The Morgan fingerprint density at radius 3 is 2.44 bits per heavy atom. The Balaban J connectivity index is 0.00000162. The molecule has 1 heterocycles. The molecule has 0 atom stereocenters. The third kappa shape index (κ3) is 4.31. The molecule has 0 bridgehead atoms. The molecular weight excluding hydrogens is 250 g/mol. The molecule has 1 fully saturated rings. The molecule has 0 amide bonds. The smallest absolute Gasteiger partial charge is 0.159 e. The van der Waals surface area contributed by atoms with Crippen LogP contribution in [0.1, 0.15) is 30.1 Å². The summed E-state index contributed by atoms with van der Waals surface area (Å²) in [4.78, 5) is 11.1. The second kappa shape index (κ2) is 7.39. The molecule has 0 spiro atoms. The first-order valence-electron chi connectivity index (χ1n) is 6.20. The van der Waals surface area contributed by atoms with Crippen LogP contribution in [0.3, 0.4) is 0 Å². The second-order valence-electron chi connectivity index (χ2n) is 4.58. The molecule has 0 aliphatic carbocycles. The molecular formula is C14H20ClNO2. The minimum Gasteiger partial charge on any atom is -0.493 e. The Bertz CT molecular complexity index is 372. The number of carbonyl (C=O) groups excluding carboxylic acids is 1. The first kappa shape index (κ1) is 15.0. The van der Waals surface area contributed by atoms with Gasteiger partial charge in [-0.2, -0.15) is 0 Å². The van der Waals surface area contributed by atoms with Crippen molar-refractivity contribution in [3.8, 4) is 5.75 Å². The number of benzene rings is 1. The number of hydrogen-bond acceptors (Lipinski definition) is 3. The molecule has 1 saturated heterocycles. The third-order valence-corrected chi connectivity index (χ3v) is 3.21. The fourth-order valence-electron chi connectivity index (χ4n) is 2.05. The first-order valence-corrected chi connectivity index (χ1v) is 6.20. The van der Waals surface area contributed by atoms with Gasteiger partial charge in [-0.1, -0.05) is 0 Å². The Morgan fingerprint density at radius 2 is 1.89 bits per heavy atom. The zero-order valence-corrected chi connectivity index (χ0v) is 11.5. The molecule has 100 valence electrons. The minimum absolute atomic E-state index is 0. The van der Waals surface area contributed by atoms with Gasteiger partial charge >= 0.3 is 0 Å². The molecule has 2 rings (SSSR count). The summed E-state index contributed by atoms with van der Waals surface area (Å²) >= 11 is 0. The number of ether oxygens (including phenoxy) is 1. The fraction of sp³-hybridized carbons (Fsp3) is 0.500. The lowest BCUT2D eigenvalue weighted by Crippen LogP contribution is -2.30. The predicted molar refractivity (Wildman–Crippen MR) is 74.8 cm³/mol. The quantitative estimate of drug-likeness (QED) is 0.854. The van der Waals surface area contributed by atoms with E-state index in [4.69, 9.17) is 4.74 Å². The molecule has 4 heteroatoms. The Labute approximate surface area is 114 Å². The van der Waals surface area contributed by atoms with Gasteiger partial charge in [0, 0.05) is 5.56 Å². The number of carbonyl (C=O) groups is 1. The van der Waals surface area contributed by atoms with Crippen molar-refractivity contribution >= 4 is 18.2 Å². The molecule has 0 unspecified atom stereocenters. The highest BCUT2D eigenvalue weighted by Crippen LogP contribution is 2.17. The molecule has 1 aliphatic rings. The number of hydrogen-bond donors (Lipinski definition) is 1. The van der Waals surface area contributed by atoms with Crippen LogP contribution in [0.25, 0.3) is 0 Å². The average molecular weight is 270 g/mol. The van der Waals surface area contributed by atoms with Gasteiger partial charge in [-0.15, -0.1) is 12.4 Å². The maximum absolute atomic E-state index is 11.1. The summed E-state index contributed by atoms with van der Waals surface area (Å²) in [6, 6.07) is 7.38. The summed E-state index contributed by atoms with van der Waals surface area (Å²) in [5, 5.41) is 3.34. The summed E-state index contributed by atoms with van der Waals surface area (Å²) < 4.78 is 5.74. The van der Waals surface area contributed by atoms with Crippen molar-refractivity contribution in [3.63, 3.8) is 0 Å². The van der Waals surface area contributed by atoms with Crippen LogP contribution in [-0.2, 0) is 0 Å². The largest absolute Gasteiger partial charge is 0.493 e. The lowest BCUT2D eigenvalue weighted by molar-refractivity contribution is 0.101. The Hall–Kier alpha value is -1.06. The van der Waals surface area contributed by atoms with Gasteiger partial charge in [0.05, 0.1) is 6.61 Å². The first-order chi connectivity index (χ1) is 8.25. The van der Waals surface area contributed by atoms with Crippen molar-refractivity contribution in [3.05, 3.63) is 29.8 Å². The highest BCUT2D eigenvalue weighted by molar-refractivity contribution is 5.94. The van der Waals surface area contributed by atoms with Crippen molar-refractivity contribution < 1.29 is 9.53 Å². The van der Waals surface area contributed by atoms with E-state index < -0.39 is 0 Å². The molecule has 0 radical (unpaired) electrons. The van der Waals surface area contributed by atoms with E-state index in [2.05, 4.69) is 5.32 Å². The van der Waals surface area contributed by atoms with E-state index in [1.165, 1.54) is 12.8 Å². The monoisotopic (exact) mass is 269 g/mol. The number of rotatable bonds is 4. The molecule has 1 aromatic rings. The maximum Gasteiger partial charge on any atom is 0.159 e. The normalized spacial score (nSPS) is 15.8. The number of halogens is 1. The number of ketones is 1. The summed E-state index contributed by atoms with van der Waals surface area (Å²) in [6.45, 7) is 4.54. The summed E-state index contributed by atoms with van der Waals surface area (Å²) in [5.74, 6) is 1.60. The van der Waals surface area contributed by atoms with E-state index in [9.17, 15) is 4.79 Å². The minimum atomic E-state index is 0. The van der Waals surface area contributed by atoms with Gasteiger partial charge in [0.25, 0.3) is 0 Å². The van der Waals surface area contributed by atoms with Crippen LogP contribution in [0.4, 0.5) is 0 Å². The van der Waals surface area contributed by atoms with Crippen molar-refractivity contribution in [2.75, 3.05) is 19.7 Å².